The highest BCUT2D eigenvalue weighted by Gasteiger charge is 2.43. The minimum Gasteiger partial charge on any atom is -0.274 e. The van der Waals surface area contributed by atoms with E-state index in [-0.39, 0.29) is 23.7 Å². The number of carbonyl (C=O) groups excluding carboxylic acids is 2. The van der Waals surface area contributed by atoms with Crippen molar-refractivity contribution in [2.75, 3.05) is 4.90 Å². The molecular weight excluding hydrogens is 289 g/mol. The molecule has 17 heavy (non-hydrogen) atoms. The highest BCUT2D eigenvalue weighted by molar-refractivity contribution is 9.10. The van der Waals surface area contributed by atoms with E-state index in [1.165, 1.54) is 18.2 Å². The molecule has 5 heteroatoms. The maximum atomic E-state index is 13.0. The lowest BCUT2D eigenvalue weighted by atomic mass is 10.00. The fraction of sp³-hybridized carbons (Fsp3) is 0.333. The molecule has 2 rings (SSSR count). The first-order valence-corrected chi connectivity index (χ1v) is 6.05. The van der Waals surface area contributed by atoms with Crippen molar-refractivity contribution in [1.82, 2.24) is 0 Å². The molecule has 1 aliphatic heterocycles. The number of rotatable bonds is 1. The Balaban J connectivity index is 2.47. The third kappa shape index (κ3) is 1.88. The predicted molar refractivity (Wildman–Crippen MR) is 64.9 cm³/mol. The van der Waals surface area contributed by atoms with Crippen LogP contribution >= 0.6 is 15.9 Å². The van der Waals surface area contributed by atoms with Gasteiger partial charge in [0.25, 0.3) is 0 Å². The zero-order valence-corrected chi connectivity index (χ0v) is 11.0. The van der Waals surface area contributed by atoms with Crippen molar-refractivity contribution >= 4 is 33.4 Å². The number of carbonyl (C=O) groups is 2. The molecule has 0 aromatic heterocycles. The van der Waals surface area contributed by atoms with Crippen LogP contribution in [-0.4, -0.2) is 11.8 Å². The van der Waals surface area contributed by atoms with Crippen molar-refractivity contribution in [2.24, 2.45) is 11.8 Å². The summed E-state index contributed by atoms with van der Waals surface area (Å²) in [4.78, 5) is 25.0. The minimum atomic E-state index is -0.416. The Kier molecular flexibility index (Phi) is 3.03. The lowest BCUT2D eigenvalue weighted by molar-refractivity contribution is -0.122. The molecule has 1 aliphatic rings. The molecule has 0 spiro atoms. The van der Waals surface area contributed by atoms with E-state index in [1.54, 1.807) is 13.8 Å². The summed E-state index contributed by atoms with van der Waals surface area (Å²) >= 11 is 3.17. The van der Waals surface area contributed by atoms with E-state index in [2.05, 4.69) is 15.9 Å². The smallest absolute Gasteiger partial charge is 0.237 e. The maximum Gasteiger partial charge on any atom is 0.237 e. The van der Waals surface area contributed by atoms with Gasteiger partial charge in [0.05, 0.1) is 5.69 Å². The van der Waals surface area contributed by atoms with Gasteiger partial charge in [-0.3, -0.25) is 9.59 Å². The van der Waals surface area contributed by atoms with Gasteiger partial charge in [0.2, 0.25) is 11.8 Å². The van der Waals surface area contributed by atoms with Crippen molar-refractivity contribution in [2.45, 2.75) is 13.8 Å². The Morgan fingerprint density at radius 2 is 1.71 bits per heavy atom. The van der Waals surface area contributed by atoms with Crippen molar-refractivity contribution in [1.29, 1.82) is 0 Å². The standard InChI is InChI=1S/C12H11BrFNO2/c1-6-7(2)12(17)15(11(6)16)10-4-3-8(14)5-9(10)13/h3-7H,1-2H3. The Labute approximate surface area is 107 Å². The van der Waals surface area contributed by atoms with Crippen molar-refractivity contribution in [3.63, 3.8) is 0 Å². The van der Waals surface area contributed by atoms with E-state index in [4.69, 9.17) is 0 Å². The number of anilines is 1. The lowest BCUT2D eigenvalue weighted by Crippen LogP contribution is -2.30. The number of imide groups is 1. The van der Waals surface area contributed by atoms with Crippen LogP contribution in [0.3, 0.4) is 0 Å². The van der Waals surface area contributed by atoms with Crippen LogP contribution in [0.15, 0.2) is 22.7 Å². The van der Waals surface area contributed by atoms with Gasteiger partial charge in [-0.05, 0) is 34.1 Å². The minimum absolute atomic E-state index is 0.241. The first-order valence-electron chi connectivity index (χ1n) is 5.26. The molecule has 0 N–H and O–H groups in total. The lowest BCUT2D eigenvalue weighted by Gasteiger charge is -2.16. The molecule has 0 aliphatic carbocycles. The van der Waals surface area contributed by atoms with Crippen molar-refractivity contribution in [3.8, 4) is 0 Å². The predicted octanol–water partition coefficient (Wildman–Crippen LogP) is 2.73. The van der Waals surface area contributed by atoms with E-state index >= 15 is 0 Å². The van der Waals surface area contributed by atoms with Crippen LogP contribution in [-0.2, 0) is 9.59 Å². The summed E-state index contributed by atoms with van der Waals surface area (Å²) in [6, 6.07) is 3.90. The van der Waals surface area contributed by atoms with Crippen molar-refractivity contribution in [3.05, 3.63) is 28.5 Å². The quantitative estimate of drug-likeness (QED) is 0.748. The van der Waals surface area contributed by atoms with Gasteiger partial charge in [0, 0.05) is 16.3 Å². The summed E-state index contributed by atoms with van der Waals surface area (Å²) in [5.41, 5.74) is 0.401. The van der Waals surface area contributed by atoms with Crippen LogP contribution in [0, 0.1) is 17.7 Å². The van der Waals surface area contributed by atoms with Gasteiger partial charge < -0.3 is 0 Å². The van der Waals surface area contributed by atoms with E-state index < -0.39 is 5.82 Å². The van der Waals surface area contributed by atoms with Gasteiger partial charge in [-0.15, -0.1) is 0 Å². The summed E-state index contributed by atoms with van der Waals surface area (Å²) in [6.45, 7) is 3.45. The average Bonchev–Trinajstić information content (AvgIpc) is 2.45. The Morgan fingerprint density at radius 3 is 2.18 bits per heavy atom. The molecule has 1 heterocycles. The molecule has 2 atom stereocenters. The van der Waals surface area contributed by atoms with Crippen LogP contribution in [0.25, 0.3) is 0 Å². The summed E-state index contributed by atoms with van der Waals surface area (Å²) in [7, 11) is 0. The number of nitrogens with zero attached hydrogens (tertiary/aromatic N) is 1. The summed E-state index contributed by atoms with van der Waals surface area (Å²) < 4.78 is 13.4. The van der Waals surface area contributed by atoms with Gasteiger partial charge in [-0.25, -0.2) is 9.29 Å². The summed E-state index contributed by atoms with van der Waals surface area (Å²) in [6.07, 6.45) is 0. The third-order valence-electron chi connectivity index (χ3n) is 3.12. The number of benzene rings is 1. The van der Waals surface area contributed by atoms with Crippen LogP contribution in [0.5, 0.6) is 0 Å². The maximum absolute atomic E-state index is 13.0. The molecule has 90 valence electrons. The van der Waals surface area contributed by atoms with Gasteiger partial charge in [-0.2, -0.15) is 0 Å². The second-order valence-corrected chi connectivity index (χ2v) is 5.04. The van der Waals surface area contributed by atoms with E-state index in [0.717, 1.165) is 4.90 Å². The molecule has 1 saturated heterocycles. The van der Waals surface area contributed by atoms with Crippen LogP contribution in [0.1, 0.15) is 13.8 Å². The van der Waals surface area contributed by atoms with Crippen LogP contribution in [0.2, 0.25) is 0 Å². The molecule has 1 aromatic rings. The number of amides is 2. The fourth-order valence-electron chi connectivity index (χ4n) is 1.84. The van der Waals surface area contributed by atoms with E-state index in [1.807, 2.05) is 0 Å². The van der Waals surface area contributed by atoms with Gasteiger partial charge in [0.15, 0.2) is 0 Å². The normalized spacial score (nSPS) is 24.6. The Hall–Kier alpha value is -1.23. The number of hydrogen-bond donors (Lipinski definition) is 0. The zero-order chi connectivity index (χ0) is 12.7. The molecule has 0 radical (unpaired) electrons. The molecule has 1 fully saturated rings. The highest BCUT2D eigenvalue weighted by atomic mass is 79.9. The van der Waals surface area contributed by atoms with Gasteiger partial charge >= 0.3 is 0 Å². The SMILES string of the molecule is CC1C(=O)N(c2ccc(F)cc2Br)C(=O)C1C. The van der Waals surface area contributed by atoms with Crippen LogP contribution in [0.4, 0.5) is 10.1 Å². The summed E-state index contributed by atoms with van der Waals surface area (Å²) in [5, 5.41) is 0. The Morgan fingerprint density at radius 1 is 1.18 bits per heavy atom. The number of halogens is 2. The summed E-state index contributed by atoms with van der Waals surface area (Å²) in [5.74, 6) is -1.57. The molecule has 0 saturated carbocycles. The first kappa shape index (κ1) is 12.2. The van der Waals surface area contributed by atoms with E-state index in [0.29, 0.717) is 10.2 Å². The van der Waals surface area contributed by atoms with Gasteiger partial charge in [-0.1, -0.05) is 13.8 Å². The van der Waals surface area contributed by atoms with Crippen LogP contribution < -0.4 is 4.90 Å². The third-order valence-corrected chi connectivity index (χ3v) is 3.76. The highest BCUT2D eigenvalue weighted by Crippen LogP contribution is 2.35. The number of hydrogen-bond acceptors (Lipinski definition) is 2. The molecule has 2 unspecified atom stereocenters. The molecule has 0 bridgehead atoms. The van der Waals surface area contributed by atoms with E-state index in [9.17, 15) is 14.0 Å². The molecular formula is C12H11BrFNO2. The Bertz CT molecular complexity index is 483. The first-order chi connectivity index (χ1) is 7.93. The fourth-order valence-corrected chi connectivity index (χ4v) is 2.37. The monoisotopic (exact) mass is 299 g/mol. The second kappa shape index (κ2) is 4.22. The molecule has 3 nitrogen and oxygen atoms in total. The molecule has 2 amide bonds. The van der Waals surface area contributed by atoms with Crippen molar-refractivity contribution < 1.29 is 14.0 Å². The average molecular weight is 300 g/mol. The largest absolute Gasteiger partial charge is 0.274 e. The molecule has 1 aromatic carbocycles. The van der Waals surface area contributed by atoms with Gasteiger partial charge in [0.1, 0.15) is 5.82 Å². The zero-order valence-electron chi connectivity index (χ0n) is 9.41. The topological polar surface area (TPSA) is 37.4 Å². The second-order valence-electron chi connectivity index (χ2n) is 4.18.